The van der Waals surface area contributed by atoms with Crippen LogP contribution in [0, 0.1) is 5.82 Å². The number of hydrogen-bond acceptors (Lipinski definition) is 1. The summed E-state index contributed by atoms with van der Waals surface area (Å²) < 4.78 is 13.4. The Bertz CT molecular complexity index is 440. The van der Waals surface area contributed by atoms with Crippen molar-refractivity contribution >= 4 is 6.08 Å². The molecule has 1 unspecified atom stereocenters. The number of hydrogen-bond donors (Lipinski definition) is 1. The second-order valence-corrected chi connectivity index (χ2v) is 5.03. The Balaban J connectivity index is 2.65. The van der Waals surface area contributed by atoms with Crippen molar-refractivity contribution in [2.45, 2.75) is 39.2 Å². The van der Waals surface area contributed by atoms with E-state index in [0.717, 1.165) is 6.42 Å². The predicted octanol–water partition coefficient (Wildman–Crippen LogP) is 4.34. The molecule has 1 aromatic carbocycles. The molecule has 1 atom stereocenters. The highest BCUT2D eigenvalue weighted by molar-refractivity contribution is 5.50. The van der Waals surface area contributed by atoms with Crippen LogP contribution in [0.2, 0.25) is 0 Å². The molecule has 0 saturated heterocycles. The SMILES string of the molecule is CC(C)=CCCC(C)(O)/C=C/c1ccccc1F. The van der Waals surface area contributed by atoms with Crippen LogP contribution in [0.15, 0.2) is 42.0 Å². The molecule has 98 valence electrons. The Hall–Kier alpha value is -1.41. The first-order valence-electron chi connectivity index (χ1n) is 6.20. The Morgan fingerprint density at radius 1 is 1.33 bits per heavy atom. The molecule has 1 nitrogen and oxygen atoms in total. The fraction of sp³-hybridized carbons (Fsp3) is 0.375. The molecule has 0 spiro atoms. The van der Waals surface area contributed by atoms with Crippen molar-refractivity contribution in [3.05, 3.63) is 53.4 Å². The highest BCUT2D eigenvalue weighted by Gasteiger charge is 2.14. The minimum absolute atomic E-state index is 0.270. The molecule has 2 heteroatoms. The van der Waals surface area contributed by atoms with Gasteiger partial charge in [0, 0.05) is 5.56 Å². The van der Waals surface area contributed by atoms with Crippen molar-refractivity contribution in [1.82, 2.24) is 0 Å². The molecule has 0 bridgehead atoms. The third-order valence-corrected chi connectivity index (χ3v) is 2.73. The first-order valence-corrected chi connectivity index (χ1v) is 6.20. The second kappa shape index (κ2) is 6.50. The van der Waals surface area contributed by atoms with Crippen LogP contribution in [0.1, 0.15) is 39.2 Å². The van der Waals surface area contributed by atoms with Gasteiger partial charge in [-0.1, -0.05) is 42.0 Å². The van der Waals surface area contributed by atoms with E-state index >= 15 is 0 Å². The van der Waals surface area contributed by atoms with Crippen molar-refractivity contribution in [3.8, 4) is 0 Å². The first-order chi connectivity index (χ1) is 8.41. The molecule has 0 aliphatic heterocycles. The molecule has 0 heterocycles. The van der Waals surface area contributed by atoms with Crippen LogP contribution in [0.5, 0.6) is 0 Å². The zero-order chi connectivity index (χ0) is 13.6. The van der Waals surface area contributed by atoms with Crippen molar-refractivity contribution < 1.29 is 9.50 Å². The van der Waals surface area contributed by atoms with Gasteiger partial charge in [0.25, 0.3) is 0 Å². The van der Waals surface area contributed by atoms with E-state index in [1.807, 2.05) is 13.8 Å². The van der Waals surface area contributed by atoms with E-state index in [-0.39, 0.29) is 5.82 Å². The van der Waals surface area contributed by atoms with Crippen molar-refractivity contribution in [3.63, 3.8) is 0 Å². The smallest absolute Gasteiger partial charge is 0.130 e. The largest absolute Gasteiger partial charge is 0.386 e. The van der Waals surface area contributed by atoms with Crippen molar-refractivity contribution in [2.75, 3.05) is 0 Å². The minimum atomic E-state index is -0.909. The van der Waals surface area contributed by atoms with E-state index in [1.54, 1.807) is 37.3 Å². The van der Waals surface area contributed by atoms with Gasteiger partial charge in [0.05, 0.1) is 5.60 Å². The molecule has 0 fully saturated rings. The maximum Gasteiger partial charge on any atom is 0.130 e. The van der Waals surface area contributed by atoms with Gasteiger partial charge in [-0.25, -0.2) is 4.39 Å². The van der Waals surface area contributed by atoms with Crippen LogP contribution in [-0.4, -0.2) is 10.7 Å². The van der Waals surface area contributed by atoms with E-state index in [4.69, 9.17) is 0 Å². The van der Waals surface area contributed by atoms with Crippen LogP contribution in [-0.2, 0) is 0 Å². The topological polar surface area (TPSA) is 20.2 Å². The molecule has 0 aliphatic carbocycles. The molecule has 0 aromatic heterocycles. The maximum atomic E-state index is 13.4. The Labute approximate surface area is 109 Å². The summed E-state index contributed by atoms with van der Waals surface area (Å²) in [6.07, 6.45) is 6.83. The number of allylic oxidation sites excluding steroid dienone is 2. The molecule has 0 amide bonds. The molecular formula is C16H21FO. The lowest BCUT2D eigenvalue weighted by atomic mass is 9.98. The van der Waals surface area contributed by atoms with Gasteiger partial charge in [-0.05, 0) is 39.7 Å². The quantitative estimate of drug-likeness (QED) is 0.769. The van der Waals surface area contributed by atoms with Crippen molar-refractivity contribution in [2.24, 2.45) is 0 Å². The zero-order valence-corrected chi connectivity index (χ0v) is 11.3. The monoisotopic (exact) mass is 248 g/mol. The minimum Gasteiger partial charge on any atom is -0.386 e. The lowest BCUT2D eigenvalue weighted by Gasteiger charge is -2.17. The van der Waals surface area contributed by atoms with Gasteiger partial charge in [0.2, 0.25) is 0 Å². The van der Waals surface area contributed by atoms with Crippen molar-refractivity contribution in [1.29, 1.82) is 0 Å². The fourth-order valence-corrected chi connectivity index (χ4v) is 1.62. The predicted molar refractivity (Wildman–Crippen MR) is 74.7 cm³/mol. The number of halogens is 1. The summed E-state index contributed by atoms with van der Waals surface area (Å²) in [6.45, 7) is 5.80. The van der Waals surface area contributed by atoms with Crippen LogP contribution in [0.4, 0.5) is 4.39 Å². The third kappa shape index (κ3) is 5.28. The first kappa shape index (κ1) is 14.7. The van der Waals surface area contributed by atoms with E-state index in [9.17, 15) is 9.50 Å². The molecule has 1 rings (SSSR count). The Morgan fingerprint density at radius 3 is 2.61 bits per heavy atom. The van der Waals surface area contributed by atoms with Gasteiger partial charge < -0.3 is 5.11 Å². The molecule has 18 heavy (non-hydrogen) atoms. The highest BCUT2D eigenvalue weighted by atomic mass is 19.1. The summed E-state index contributed by atoms with van der Waals surface area (Å²) in [6, 6.07) is 6.54. The van der Waals surface area contributed by atoms with Gasteiger partial charge >= 0.3 is 0 Å². The summed E-state index contributed by atoms with van der Waals surface area (Å²) in [4.78, 5) is 0. The normalized spacial score (nSPS) is 14.5. The number of rotatable bonds is 5. The second-order valence-electron chi connectivity index (χ2n) is 5.03. The molecule has 0 aliphatic rings. The summed E-state index contributed by atoms with van der Waals surface area (Å²) >= 11 is 0. The standard InChI is InChI=1S/C16H21FO/c1-13(2)7-6-11-16(3,18)12-10-14-8-4-5-9-15(14)17/h4-5,7-10,12,18H,6,11H2,1-3H3/b12-10+. The summed E-state index contributed by atoms with van der Waals surface area (Å²) in [7, 11) is 0. The molecular weight excluding hydrogens is 227 g/mol. The van der Waals surface area contributed by atoms with E-state index in [1.165, 1.54) is 11.6 Å². The van der Waals surface area contributed by atoms with Crippen LogP contribution < -0.4 is 0 Å². The average molecular weight is 248 g/mol. The van der Waals surface area contributed by atoms with Crippen LogP contribution >= 0.6 is 0 Å². The number of aliphatic hydroxyl groups is 1. The van der Waals surface area contributed by atoms with E-state index in [0.29, 0.717) is 12.0 Å². The summed E-state index contributed by atoms with van der Waals surface area (Å²) in [5.41, 5.74) is 0.831. The maximum absolute atomic E-state index is 13.4. The third-order valence-electron chi connectivity index (χ3n) is 2.73. The lowest BCUT2D eigenvalue weighted by molar-refractivity contribution is 0.104. The van der Waals surface area contributed by atoms with Gasteiger partial charge in [0.15, 0.2) is 0 Å². The molecule has 1 aromatic rings. The van der Waals surface area contributed by atoms with Gasteiger partial charge in [-0.2, -0.15) is 0 Å². The van der Waals surface area contributed by atoms with E-state index in [2.05, 4.69) is 6.08 Å². The van der Waals surface area contributed by atoms with Crippen LogP contribution in [0.25, 0.3) is 6.08 Å². The summed E-state index contributed by atoms with van der Waals surface area (Å²) in [5.74, 6) is -0.270. The Kier molecular flexibility index (Phi) is 5.29. The van der Waals surface area contributed by atoms with Gasteiger partial charge in [-0.15, -0.1) is 0 Å². The number of benzene rings is 1. The molecule has 0 saturated carbocycles. The Morgan fingerprint density at radius 2 is 2.00 bits per heavy atom. The molecule has 1 N–H and O–H groups in total. The highest BCUT2D eigenvalue weighted by Crippen LogP contribution is 2.18. The fourth-order valence-electron chi connectivity index (χ4n) is 1.62. The van der Waals surface area contributed by atoms with E-state index < -0.39 is 5.60 Å². The lowest BCUT2D eigenvalue weighted by Crippen LogP contribution is -2.19. The van der Waals surface area contributed by atoms with Gasteiger partial charge in [0.1, 0.15) is 5.82 Å². The zero-order valence-electron chi connectivity index (χ0n) is 11.3. The average Bonchev–Trinajstić information content (AvgIpc) is 2.27. The summed E-state index contributed by atoms with van der Waals surface area (Å²) in [5, 5.41) is 10.1. The van der Waals surface area contributed by atoms with Crippen LogP contribution in [0.3, 0.4) is 0 Å². The molecule has 0 radical (unpaired) electrons. The van der Waals surface area contributed by atoms with Gasteiger partial charge in [-0.3, -0.25) is 0 Å².